The minimum atomic E-state index is 0.648. The summed E-state index contributed by atoms with van der Waals surface area (Å²) in [4.78, 5) is 4.62. The van der Waals surface area contributed by atoms with Crippen molar-refractivity contribution < 1.29 is 0 Å². The second-order valence-corrected chi connectivity index (χ2v) is 5.74. The molecule has 0 aliphatic heterocycles. The van der Waals surface area contributed by atoms with Crippen LogP contribution in [0.4, 0.5) is 11.6 Å². The fraction of sp³-hybridized carbons (Fsp3) is 0.438. The number of anilines is 2. The molecule has 1 aliphatic rings. The fourth-order valence-corrected chi connectivity index (χ4v) is 2.73. The third kappa shape index (κ3) is 2.37. The lowest BCUT2D eigenvalue weighted by molar-refractivity contribution is 0.750. The van der Waals surface area contributed by atoms with E-state index < -0.39 is 0 Å². The predicted octanol–water partition coefficient (Wildman–Crippen LogP) is 4.20. The average Bonchev–Trinajstić information content (AvgIpc) is 3.08. The molecular weight excluding hydrogens is 234 g/mol. The van der Waals surface area contributed by atoms with Gasteiger partial charge in [0.2, 0.25) is 5.95 Å². The minimum Gasteiger partial charge on any atom is -0.325 e. The lowest BCUT2D eigenvalue weighted by Crippen LogP contribution is -2.04. The van der Waals surface area contributed by atoms with Gasteiger partial charge in [-0.3, -0.25) is 0 Å². The summed E-state index contributed by atoms with van der Waals surface area (Å²) in [7, 11) is 0. The van der Waals surface area contributed by atoms with E-state index in [0.717, 1.165) is 11.6 Å². The van der Waals surface area contributed by atoms with Crippen molar-refractivity contribution in [2.24, 2.45) is 0 Å². The van der Waals surface area contributed by atoms with Gasteiger partial charge in [0.25, 0.3) is 0 Å². The van der Waals surface area contributed by atoms with Crippen LogP contribution >= 0.6 is 0 Å². The molecular formula is C16H21N3. The number of nitrogens with zero attached hydrogens (tertiary/aromatic N) is 2. The van der Waals surface area contributed by atoms with Crippen molar-refractivity contribution in [1.82, 2.24) is 9.55 Å². The molecule has 3 nitrogen and oxygen atoms in total. The zero-order chi connectivity index (χ0) is 13.6. The maximum Gasteiger partial charge on any atom is 0.207 e. The van der Waals surface area contributed by atoms with Gasteiger partial charge in [-0.05, 0) is 51.7 Å². The first-order valence-corrected chi connectivity index (χ1v) is 6.95. The second-order valence-electron chi connectivity index (χ2n) is 5.74. The van der Waals surface area contributed by atoms with Crippen molar-refractivity contribution in [3.63, 3.8) is 0 Å². The summed E-state index contributed by atoms with van der Waals surface area (Å²) in [6, 6.07) is 5.08. The number of nitrogens with one attached hydrogen (secondary N) is 1. The Morgan fingerprint density at radius 2 is 1.74 bits per heavy atom. The van der Waals surface area contributed by atoms with Gasteiger partial charge in [-0.2, -0.15) is 0 Å². The first kappa shape index (κ1) is 12.3. The van der Waals surface area contributed by atoms with Crippen LogP contribution in [0.2, 0.25) is 0 Å². The van der Waals surface area contributed by atoms with Crippen LogP contribution in [-0.4, -0.2) is 9.55 Å². The number of benzene rings is 1. The molecule has 2 aromatic rings. The van der Waals surface area contributed by atoms with E-state index in [1.807, 2.05) is 0 Å². The van der Waals surface area contributed by atoms with Crippen LogP contribution < -0.4 is 5.32 Å². The van der Waals surface area contributed by atoms with Gasteiger partial charge in [-0.1, -0.05) is 17.7 Å². The van der Waals surface area contributed by atoms with Crippen LogP contribution in [0.1, 0.15) is 41.3 Å². The van der Waals surface area contributed by atoms with Crippen molar-refractivity contribution in [3.05, 3.63) is 40.7 Å². The number of rotatable bonds is 3. The minimum absolute atomic E-state index is 0.648. The van der Waals surface area contributed by atoms with E-state index in [9.17, 15) is 0 Å². The molecule has 0 radical (unpaired) electrons. The standard InChI is InChI=1S/C16H21N3/c1-10-7-11(2)15(12(3)8-10)18-16-17-13(4)9-19(16)14-5-6-14/h7-9,14H,5-6H2,1-4H3,(H,17,18). The lowest BCUT2D eigenvalue weighted by Gasteiger charge is -2.14. The zero-order valence-corrected chi connectivity index (χ0v) is 12.1. The van der Waals surface area contributed by atoms with Gasteiger partial charge in [0.15, 0.2) is 0 Å². The molecule has 1 fully saturated rings. The number of hydrogen-bond donors (Lipinski definition) is 1. The van der Waals surface area contributed by atoms with E-state index in [4.69, 9.17) is 0 Å². The average molecular weight is 255 g/mol. The van der Waals surface area contributed by atoms with E-state index in [1.165, 1.54) is 35.2 Å². The summed E-state index contributed by atoms with van der Waals surface area (Å²) < 4.78 is 2.29. The largest absolute Gasteiger partial charge is 0.325 e. The SMILES string of the molecule is Cc1cc(C)c(Nc2nc(C)cn2C2CC2)c(C)c1. The number of imidazole rings is 1. The van der Waals surface area contributed by atoms with E-state index >= 15 is 0 Å². The van der Waals surface area contributed by atoms with E-state index in [2.05, 4.69) is 60.9 Å². The van der Waals surface area contributed by atoms with Gasteiger partial charge in [-0.25, -0.2) is 4.98 Å². The number of hydrogen-bond acceptors (Lipinski definition) is 2. The van der Waals surface area contributed by atoms with Crippen LogP contribution in [-0.2, 0) is 0 Å². The Labute approximate surface area is 114 Å². The molecule has 19 heavy (non-hydrogen) atoms. The summed E-state index contributed by atoms with van der Waals surface area (Å²) in [5.74, 6) is 0.982. The Kier molecular flexibility index (Phi) is 2.85. The number of aryl methyl sites for hydroxylation is 4. The van der Waals surface area contributed by atoms with Crippen LogP contribution in [0.3, 0.4) is 0 Å². The van der Waals surface area contributed by atoms with E-state index in [-0.39, 0.29) is 0 Å². The molecule has 1 aromatic carbocycles. The molecule has 0 atom stereocenters. The highest BCUT2D eigenvalue weighted by Crippen LogP contribution is 2.38. The maximum atomic E-state index is 4.62. The third-order valence-corrected chi connectivity index (χ3v) is 3.71. The second kappa shape index (κ2) is 4.41. The van der Waals surface area contributed by atoms with Gasteiger partial charge in [-0.15, -0.1) is 0 Å². The Morgan fingerprint density at radius 1 is 1.11 bits per heavy atom. The Morgan fingerprint density at radius 3 is 2.32 bits per heavy atom. The quantitative estimate of drug-likeness (QED) is 0.891. The molecule has 0 unspecified atom stereocenters. The molecule has 100 valence electrons. The molecule has 1 aromatic heterocycles. The third-order valence-electron chi connectivity index (χ3n) is 3.71. The molecule has 0 saturated heterocycles. The van der Waals surface area contributed by atoms with E-state index in [1.54, 1.807) is 0 Å². The van der Waals surface area contributed by atoms with Crippen molar-refractivity contribution in [1.29, 1.82) is 0 Å². The van der Waals surface area contributed by atoms with Crippen molar-refractivity contribution >= 4 is 11.6 Å². The van der Waals surface area contributed by atoms with Gasteiger partial charge >= 0.3 is 0 Å². The normalized spacial score (nSPS) is 14.7. The molecule has 1 heterocycles. The van der Waals surface area contributed by atoms with E-state index in [0.29, 0.717) is 6.04 Å². The number of aromatic nitrogens is 2. The van der Waals surface area contributed by atoms with Gasteiger partial charge in [0, 0.05) is 17.9 Å². The lowest BCUT2D eigenvalue weighted by atomic mass is 10.1. The van der Waals surface area contributed by atoms with Crippen LogP contribution in [0.25, 0.3) is 0 Å². The zero-order valence-electron chi connectivity index (χ0n) is 12.1. The smallest absolute Gasteiger partial charge is 0.207 e. The Balaban J connectivity index is 1.97. The van der Waals surface area contributed by atoms with Crippen LogP contribution in [0, 0.1) is 27.7 Å². The molecule has 0 spiro atoms. The summed E-state index contributed by atoms with van der Waals surface area (Å²) in [5.41, 5.74) is 6.14. The highest BCUT2D eigenvalue weighted by molar-refractivity contribution is 5.64. The van der Waals surface area contributed by atoms with Crippen molar-refractivity contribution in [2.45, 2.75) is 46.6 Å². The molecule has 0 bridgehead atoms. The van der Waals surface area contributed by atoms with Crippen LogP contribution in [0.5, 0.6) is 0 Å². The summed E-state index contributed by atoms with van der Waals surface area (Å²) in [6.07, 6.45) is 4.70. The molecule has 1 aliphatic carbocycles. The molecule has 3 heteroatoms. The first-order chi connectivity index (χ1) is 9.04. The fourth-order valence-electron chi connectivity index (χ4n) is 2.73. The Bertz CT molecular complexity index is 598. The molecule has 1 saturated carbocycles. The van der Waals surface area contributed by atoms with Gasteiger partial charge in [0.1, 0.15) is 0 Å². The topological polar surface area (TPSA) is 29.9 Å². The highest BCUT2D eigenvalue weighted by atomic mass is 15.2. The summed E-state index contributed by atoms with van der Waals surface area (Å²) in [6.45, 7) is 8.50. The molecule has 3 rings (SSSR count). The van der Waals surface area contributed by atoms with Crippen molar-refractivity contribution in [2.75, 3.05) is 5.32 Å². The predicted molar refractivity (Wildman–Crippen MR) is 79.2 cm³/mol. The van der Waals surface area contributed by atoms with Crippen molar-refractivity contribution in [3.8, 4) is 0 Å². The highest BCUT2D eigenvalue weighted by Gasteiger charge is 2.26. The maximum absolute atomic E-state index is 4.62. The summed E-state index contributed by atoms with van der Waals surface area (Å²) in [5, 5.41) is 3.53. The molecule has 0 amide bonds. The first-order valence-electron chi connectivity index (χ1n) is 6.95. The van der Waals surface area contributed by atoms with Crippen LogP contribution in [0.15, 0.2) is 18.3 Å². The van der Waals surface area contributed by atoms with Gasteiger partial charge in [0.05, 0.1) is 5.69 Å². The monoisotopic (exact) mass is 255 g/mol. The molecule has 1 N–H and O–H groups in total. The van der Waals surface area contributed by atoms with Gasteiger partial charge < -0.3 is 9.88 Å². The summed E-state index contributed by atoms with van der Waals surface area (Å²) >= 11 is 0. The Hall–Kier alpha value is -1.77.